The summed E-state index contributed by atoms with van der Waals surface area (Å²) in [5, 5.41) is 8.05. The minimum absolute atomic E-state index is 0.0430. The fourth-order valence-electron chi connectivity index (χ4n) is 3.02. The molecule has 31 heavy (non-hydrogen) atoms. The molecular weight excluding hydrogens is 464 g/mol. The first-order chi connectivity index (χ1) is 14.6. The van der Waals surface area contributed by atoms with Gasteiger partial charge in [-0.05, 0) is 42.5 Å². The number of hydrogen-bond acceptors (Lipinski definition) is 8. The van der Waals surface area contributed by atoms with Crippen LogP contribution in [0.25, 0.3) is 10.2 Å². The molecule has 1 aliphatic rings. The molecule has 0 unspecified atom stereocenters. The predicted molar refractivity (Wildman–Crippen MR) is 115 cm³/mol. The molecule has 3 N–H and O–H groups in total. The van der Waals surface area contributed by atoms with Gasteiger partial charge in [-0.3, -0.25) is 10.1 Å². The van der Waals surface area contributed by atoms with E-state index < -0.39 is 26.0 Å². The average Bonchev–Trinajstić information content (AvgIpc) is 3.15. The zero-order valence-electron chi connectivity index (χ0n) is 16.0. The van der Waals surface area contributed by atoms with Gasteiger partial charge in [-0.2, -0.15) is 4.31 Å². The summed E-state index contributed by atoms with van der Waals surface area (Å²) < 4.78 is 55.4. The Balaban J connectivity index is 1.51. The number of anilines is 1. The molecule has 1 amide bonds. The maximum Gasteiger partial charge on any atom is 0.257 e. The van der Waals surface area contributed by atoms with Gasteiger partial charge >= 0.3 is 0 Å². The van der Waals surface area contributed by atoms with Gasteiger partial charge in [0.1, 0.15) is 0 Å². The second-order valence-corrected chi connectivity index (χ2v) is 11.2. The number of benzene rings is 2. The van der Waals surface area contributed by atoms with Crippen LogP contribution < -0.4 is 10.5 Å². The second-order valence-electron chi connectivity index (χ2n) is 6.69. The van der Waals surface area contributed by atoms with Crippen LogP contribution in [0.3, 0.4) is 0 Å². The van der Waals surface area contributed by atoms with Gasteiger partial charge in [0, 0.05) is 18.7 Å². The largest absolute Gasteiger partial charge is 0.379 e. The van der Waals surface area contributed by atoms with Crippen LogP contribution in [0.15, 0.2) is 52.3 Å². The molecule has 0 aliphatic carbocycles. The molecule has 1 fully saturated rings. The summed E-state index contributed by atoms with van der Waals surface area (Å²) in [5.41, 5.74) is 0.769. The third-order valence-electron chi connectivity index (χ3n) is 4.63. The Bertz CT molecular complexity index is 1340. The molecule has 10 nitrogen and oxygen atoms in total. The summed E-state index contributed by atoms with van der Waals surface area (Å²) in [6.45, 7) is 1.27. The van der Waals surface area contributed by atoms with Crippen molar-refractivity contribution in [3.63, 3.8) is 0 Å². The molecule has 1 aromatic heterocycles. The van der Waals surface area contributed by atoms with Gasteiger partial charge in [0.05, 0.1) is 33.2 Å². The maximum absolute atomic E-state index is 12.7. The van der Waals surface area contributed by atoms with Crippen molar-refractivity contribution in [2.45, 2.75) is 9.79 Å². The Kier molecular flexibility index (Phi) is 5.81. The Morgan fingerprint density at radius 3 is 2.32 bits per heavy atom. The minimum atomic E-state index is -3.84. The third kappa shape index (κ3) is 4.61. The number of nitrogens with one attached hydrogen (secondary N) is 1. The first-order valence-electron chi connectivity index (χ1n) is 9.07. The van der Waals surface area contributed by atoms with Gasteiger partial charge in [-0.1, -0.05) is 11.3 Å². The van der Waals surface area contributed by atoms with Gasteiger partial charge in [-0.25, -0.2) is 27.0 Å². The standard InChI is InChI=1S/C18H18N4O6S3/c19-30(24,25)14-5-6-15-16(11-14)29-18(20-15)21-17(23)12-1-3-13(4-2-12)31(26,27)22-7-9-28-10-8-22/h1-6,11H,7-10H2,(H2,19,24,25)(H,20,21,23). The molecule has 2 aromatic carbocycles. The summed E-state index contributed by atoms with van der Waals surface area (Å²) in [6.07, 6.45) is 0. The van der Waals surface area contributed by atoms with Crippen molar-refractivity contribution < 1.29 is 26.4 Å². The number of carbonyl (C=O) groups is 1. The third-order valence-corrected chi connectivity index (χ3v) is 8.39. The molecule has 2 heterocycles. The highest BCUT2D eigenvalue weighted by atomic mass is 32.2. The Morgan fingerprint density at radius 1 is 1.03 bits per heavy atom. The van der Waals surface area contributed by atoms with E-state index in [9.17, 15) is 21.6 Å². The molecule has 1 saturated heterocycles. The number of hydrogen-bond donors (Lipinski definition) is 2. The van der Waals surface area contributed by atoms with E-state index in [4.69, 9.17) is 9.88 Å². The highest BCUT2D eigenvalue weighted by molar-refractivity contribution is 7.89. The molecule has 164 valence electrons. The van der Waals surface area contributed by atoms with Crippen LogP contribution in [-0.4, -0.2) is 58.3 Å². The van der Waals surface area contributed by atoms with Crippen LogP contribution in [0.4, 0.5) is 5.13 Å². The zero-order valence-corrected chi connectivity index (χ0v) is 18.5. The van der Waals surface area contributed by atoms with Crippen LogP contribution >= 0.6 is 11.3 Å². The van der Waals surface area contributed by atoms with Crippen molar-refractivity contribution >= 4 is 52.6 Å². The lowest BCUT2D eigenvalue weighted by Gasteiger charge is -2.26. The topological polar surface area (TPSA) is 149 Å². The van der Waals surface area contributed by atoms with Crippen LogP contribution in [0.1, 0.15) is 10.4 Å². The number of fused-ring (bicyclic) bond motifs is 1. The fourth-order valence-corrected chi connectivity index (χ4v) is 5.94. The van der Waals surface area contributed by atoms with Gasteiger partial charge in [0.25, 0.3) is 5.91 Å². The van der Waals surface area contributed by atoms with Crippen molar-refractivity contribution in [3.8, 4) is 0 Å². The van der Waals surface area contributed by atoms with E-state index in [0.717, 1.165) is 11.3 Å². The maximum atomic E-state index is 12.7. The van der Waals surface area contributed by atoms with Crippen molar-refractivity contribution in [1.29, 1.82) is 0 Å². The van der Waals surface area contributed by atoms with Crippen molar-refractivity contribution in [2.75, 3.05) is 31.6 Å². The SMILES string of the molecule is NS(=O)(=O)c1ccc2nc(NC(=O)c3ccc(S(=O)(=O)N4CCOCC4)cc3)sc2c1. The number of morpholine rings is 1. The highest BCUT2D eigenvalue weighted by Gasteiger charge is 2.26. The number of nitrogens with zero attached hydrogens (tertiary/aromatic N) is 2. The number of nitrogens with two attached hydrogens (primary N) is 1. The van der Waals surface area contributed by atoms with Crippen molar-refractivity contribution in [3.05, 3.63) is 48.0 Å². The molecule has 13 heteroatoms. The number of primary sulfonamides is 1. The zero-order chi connectivity index (χ0) is 22.2. The molecule has 0 bridgehead atoms. The smallest absolute Gasteiger partial charge is 0.257 e. The molecular formula is C18H18N4O6S3. The van der Waals surface area contributed by atoms with E-state index in [0.29, 0.717) is 23.4 Å². The number of rotatable bonds is 5. The van der Waals surface area contributed by atoms with E-state index in [-0.39, 0.29) is 33.6 Å². The molecule has 0 spiro atoms. The molecule has 4 rings (SSSR count). The summed E-state index contributed by atoms with van der Waals surface area (Å²) in [7, 11) is -7.49. The van der Waals surface area contributed by atoms with Crippen LogP contribution in [0.5, 0.6) is 0 Å². The summed E-state index contributed by atoms with van der Waals surface area (Å²) in [4.78, 5) is 16.9. The number of sulfonamides is 2. The fraction of sp³-hybridized carbons (Fsp3) is 0.222. The van der Waals surface area contributed by atoms with Gasteiger partial charge in [0.15, 0.2) is 5.13 Å². The van der Waals surface area contributed by atoms with E-state index in [2.05, 4.69) is 10.3 Å². The molecule has 0 atom stereocenters. The van der Waals surface area contributed by atoms with Gasteiger partial charge in [-0.15, -0.1) is 0 Å². The Hall–Kier alpha value is -2.42. The van der Waals surface area contributed by atoms with Crippen molar-refractivity contribution in [2.24, 2.45) is 5.14 Å². The lowest BCUT2D eigenvalue weighted by Crippen LogP contribution is -2.40. The van der Waals surface area contributed by atoms with E-state index in [1.807, 2.05) is 0 Å². The van der Waals surface area contributed by atoms with E-state index >= 15 is 0 Å². The Labute approximate surface area is 182 Å². The lowest BCUT2D eigenvalue weighted by atomic mass is 10.2. The average molecular weight is 483 g/mol. The first kappa shape index (κ1) is 21.8. The number of thiazole rings is 1. The first-order valence-corrected chi connectivity index (χ1v) is 12.9. The van der Waals surface area contributed by atoms with Crippen LogP contribution in [0.2, 0.25) is 0 Å². The quantitative estimate of drug-likeness (QED) is 0.555. The minimum Gasteiger partial charge on any atom is -0.379 e. The number of amides is 1. The lowest BCUT2D eigenvalue weighted by molar-refractivity contribution is 0.0730. The van der Waals surface area contributed by atoms with Gasteiger partial charge < -0.3 is 4.74 Å². The number of aromatic nitrogens is 1. The Morgan fingerprint density at radius 2 is 1.68 bits per heavy atom. The summed E-state index contributed by atoms with van der Waals surface area (Å²) in [6, 6.07) is 9.86. The highest BCUT2D eigenvalue weighted by Crippen LogP contribution is 2.28. The van der Waals surface area contributed by atoms with Crippen LogP contribution in [0, 0.1) is 0 Å². The van der Waals surface area contributed by atoms with Crippen LogP contribution in [-0.2, 0) is 24.8 Å². The number of ether oxygens (including phenoxy) is 1. The summed E-state index contributed by atoms with van der Waals surface area (Å²) >= 11 is 1.10. The second kappa shape index (κ2) is 8.26. The van der Waals surface area contributed by atoms with E-state index in [1.165, 1.54) is 46.8 Å². The molecule has 0 saturated carbocycles. The summed E-state index contributed by atoms with van der Waals surface area (Å²) in [5.74, 6) is -0.471. The van der Waals surface area contributed by atoms with Crippen molar-refractivity contribution in [1.82, 2.24) is 9.29 Å². The number of carbonyl (C=O) groups excluding carboxylic acids is 1. The molecule has 1 aliphatic heterocycles. The van der Waals surface area contributed by atoms with Gasteiger partial charge in [0.2, 0.25) is 20.0 Å². The van der Waals surface area contributed by atoms with E-state index in [1.54, 1.807) is 0 Å². The monoisotopic (exact) mass is 482 g/mol. The normalized spacial score (nSPS) is 15.8. The predicted octanol–water partition coefficient (Wildman–Crippen LogP) is 1.22. The molecule has 3 aromatic rings. The molecule has 0 radical (unpaired) electrons.